The van der Waals surface area contributed by atoms with Crippen LogP contribution < -0.4 is 4.90 Å². The Labute approximate surface area is 169 Å². The van der Waals surface area contributed by atoms with Crippen molar-refractivity contribution in [2.24, 2.45) is 0 Å². The standard InChI is InChI=1S/C20H24ClN5O2/c1-14-11-25(20(27)28)9-10-26(14)18-16-7-8-24(12-15-5-3-2-4-6-15)13-17(16)22-19(21)23-18/h2-6,14H,7-13H2,1H3,(H,27,28)/t14-/m0/s1. The molecule has 0 bridgehead atoms. The fourth-order valence-electron chi connectivity index (χ4n) is 4.10. The van der Waals surface area contributed by atoms with Crippen molar-refractivity contribution < 1.29 is 9.90 Å². The molecule has 2 aliphatic heterocycles. The lowest BCUT2D eigenvalue weighted by atomic mass is 10.0. The summed E-state index contributed by atoms with van der Waals surface area (Å²) in [5.74, 6) is 0.867. The minimum atomic E-state index is -0.870. The SMILES string of the molecule is C[C@H]1CN(C(=O)O)CCN1c1nc(Cl)nc2c1CCN(Cc1ccccc1)C2. The molecule has 0 spiro atoms. The number of amides is 1. The Kier molecular flexibility index (Phi) is 5.37. The lowest BCUT2D eigenvalue weighted by Crippen LogP contribution is -2.54. The van der Waals surface area contributed by atoms with Crippen molar-refractivity contribution in [2.45, 2.75) is 32.5 Å². The van der Waals surface area contributed by atoms with E-state index in [0.29, 0.717) is 19.6 Å². The van der Waals surface area contributed by atoms with Gasteiger partial charge in [-0.05, 0) is 30.5 Å². The van der Waals surface area contributed by atoms with Gasteiger partial charge in [0.15, 0.2) is 0 Å². The molecule has 1 amide bonds. The van der Waals surface area contributed by atoms with Gasteiger partial charge in [0, 0.05) is 50.9 Å². The van der Waals surface area contributed by atoms with E-state index in [9.17, 15) is 9.90 Å². The topological polar surface area (TPSA) is 72.8 Å². The van der Waals surface area contributed by atoms with E-state index in [-0.39, 0.29) is 11.3 Å². The Morgan fingerprint density at radius 3 is 2.71 bits per heavy atom. The zero-order valence-electron chi connectivity index (χ0n) is 15.9. The smallest absolute Gasteiger partial charge is 0.407 e. The van der Waals surface area contributed by atoms with Crippen LogP contribution in [0, 0.1) is 0 Å². The van der Waals surface area contributed by atoms with Crippen LogP contribution in [0.4, 0.5) is 10.6 Å². The van der Waals surface area contributed by atoms with Crippen LogP contribution in [-0.2, 0) is 19.5 Å². The quantitative estimate of drug-likeness (QED) is 0.797. The van der Waals surface area contributed by atoms with Crippen molar-refractivity contribution in [1.82, 2.24) is 19.8 Å². The molecule has 2 aromatic rings. The summed E-state index contributed by atoms with van der Waals surface area (Å²) < 4.78 is 0. The molecule has 4 rings (SSSR count). The van der Waals surface area contributed by atoms with Crippen LogP contribution in [0.2, 0.25) is 5.28 Å². The van der Waals surface area contributed by atoms with Gasteiger partial charge < -0.3 is 14.9 Å². The number of benzene rings is 1. The molecule has 1 fully saturated rings. The summed E-state index contributed by atoms with van der Waals surface area (Å²) in [6, 6.07) is 10.5. The van der Waals surface area contributed by atoms with E-state index in [1.54, 1.807) is 0 Å². The van der Waals surface area contributed by atoms with E-state index in [1.165, 1.54) is 10.5 Å². The molecule has 2 aliphatic rings. The molecule has 0 saturated carbocycles. The molecular weight excluding hydrogens is 378 g/mol. The molecule has 3 heterocycles. The van der Waals surface area contributed by atoms with Gasteiger partial charge in [-0.2, -0.15) is 0 Å². The maximum Gasteiger partial charge on any atom is 0.407 e. The van der Waals surface area contributed by atoms with E-state index in [4.69, 9.17) is 11.6 Å². The first-order valence-electron chi connectivity index (χ1n) is 9.57. The summed E-state index contributed by atoms with van der Waals surface area (Å²) in [4.78, 5) is 26.3. The van der Waals surface area contributed by atoms with Crippen LogP contribution >= 0.6 is 11.6 Å². The lowest BCUT2D eigenvalue weighted by Gasteiger charge is -2.41. The highest BCUT2D eigenvalue weighted by atomic mass is 35.5. The second kappa shape index (κ2) is 7.93. The van der Waals surface area contributed by atoms with E-state index in [1.807, 2.05) is 13.0 Å². The van der Waals surface area contributed by atoms with E-state index in [0.717, 1.165) is 43.1 Å². The molecular formula is C20H24ClN5O2. The first kappa shape index (κ1) is 19.0. The van der Waals surface area contributed by atoms with Crippen LogP contribution in [0.5, 0.6) is 0 Å². The zero-order chi connectivity index (χ0) is 19.7. The van der Waals surface area contributed by atoms with Crippen LogP contribution in [0.25, 0.3) is 0 Å². The number of halogens is 1. The molecule has 7 nitrogen and oxygen atoms in total. The van der Waals surface area contributed by atoms with E-state index < -0.39 is 6.09 Å². The van der Waals surface area contributed by atoms with Crippen LogP contribution in [0.15, 0.2) is 30.3 Å². The maximum absolute atomic E-state index is 11.3. The number of rotatable bonds is 3. The van der Waals surface area contributed by atoms with Crippen molar-refractivity contribution in [3.05, 3.63) is 52.4 Å². The molecule has 1 N–H and O–H groups in total. The molecule has 1 aromatic heterocycles. The first-order valence-corrected chi connectivity index (χ1v) is 9.95. The van der Waals surface area contributed by atoms with Crippen molar-refractivity contribution >= 4 is 23.5 Å². The van der Waals surface area contributed by atoms with Gasteiger partial charge in [-0.15, -0.1) is 0 Å². The average Bonchev–Trinajstić information content (AvgIpc) is 2.68. The van der Waals surface area contributed by atoms with Gasteiger partial charge in [-0.1, -0.05) is 30.3 Å². The molecule has 0 unspecified atom stereocenters. The van der Waals surface area contributed by atoms with Crippen molar-refractivity contribution in [2.75, 3.05) is 31.1 Å². The number of aromatic nitrogens is 2. The monoisotopic (exact) mass is 401 g/mol. The second-order valence-electron chi connectivity index (χ2n) is 7.46. The van der Waals surface area contributed by atoms with Gasteiger partial charge in [0.2, 0.25) is 5.28 Å². The van der Waals surface area contributed by atoms with Crippen molar-refractivity contribution in [3.63, 3.8) is 0 Å². The van der Waals surface area contributed by atoms with Gasteiger partial charge in [-0.3, -0.25) is 4.90 Å². The number of carboxylic acid groups (broad SMARTS) is 1. The predicted octanol–water partition coefficient (Wildman–Crippen LogP) is 2.88. The third-order valence-corrected chi connectivity index (χ3v) is 5.68. The van der Waals surface area contributed by atoms with E-state index >= 15 is 0 Å². The van der Waals surface area contributed by atoms with Crippen molar-refractivity contribution in [3.8, 4) is 0 Å². The van der Waals surface area contributed by atoms with Gasteiger partial charge >= 0.3 is 6.09 Å². The summed E-state index contributed by atoms with van der Waals surface area (Å²) in [6.45, 7) is 6.13. The molecule has 8 heteroatoms. The van der Waals surface area contributed by atoms with Gasteiger partial charge in [0.05, 0.1) is 5.69 Å². The van der Waals surface area contributed by atoms with Crippen LogP contribution in [0.3, 0.4) is 0 Å². The number of anilines is 1. The fourth-order valence-corrected chi connectivity index (χ4v) is 4.28. The fraction of sp³-hybridized carbons (Fsp3) is 0.450. The molecule has 148 valence electrons. The number of hydrogen-bond donors (Lipinski definition) is 1. The van der Waals surface area contributed by atoms with E-state index in [2.05, 4.69) is 44.0 Å². The maximum atomic E-state index is 11.3. The number of piperazine rings is 1. The minimum absolute atomic E-state index is 0.0438. The van der Waals surface area contributed by atoms with Crippen LogP contribution in [0.1, 0.15) is 23.7 Å². The number of carbonyl (C=O) groups is 1. The highest BCUT2D eigenvalue weighted by molar-refractivity contribution is 6.28. The largest absolute Gasteiger partial charge is 0.465 e. The average molecular weight is 402 g/mol. The van der Waals surface area contributed by atoms with Crippen LogP contribution in [-0.4, -0.2) is 63.2 Å². The normalized spacial score (nSPS) is 20.1. The highest BCUT2D eigenvalue weighted by Gasteiger charge is 2.31. The summed E-state index contributed by atoms with van der Waals surface area (Å²) in [5.41, 5.74) is 3.40. The minimum Gasteiger partial charge on any atom is -0.465 e. The molecule has 1 saturated heterocycles. The van der Waals surface area contributed by atoms with Gasteiger partial charge in [-0.25, -0.2) is 14.8 Å². The lowest BCUT2D eigenvalue weighted by molar-refractivity contribution is 0.136. The Morgan fingerprint density at radius 2 is 2.00 bits per heavy atom. The second-order valence-corrected chi connectivity index (χ2v) is 7.80. The summed E-state index contributed by atoms with van der Waals surface area (Å²) >= 11 is 6.26. The molecule has 28 heavy (non-hydrogen) atoms. The van der Waals surface area contributed by atoms with Crippen molar-refractivity contribution in [1.29, 1.82) is 0 Å². The Bertz CT molecular complexity index is 863. The Hall–Kier alpha value is -2.38. The summed E-state index contributed by atoms with van der Waals surface area (Å²) in [5, 5.41) is 9.51. The molecule has 0 aliphatic carbocycles. The Balaban J connectivity index is 1.55. The van der Waals surface area contributed by atoms with Gasteiger partial charge in [0.1, 0.15) is 5.82 Å². The first-order chi connectivity index (χ1) is 13.5. The number of hydrogen-bond acceptors (Lipinski definition) is 5. The summed E-state index contributed by atoms with van der Waals surface area (Å²) in [7, 11) is 0. The molecule has 0 radical (unpaired) electrons. The predicted molar refractivity (Wildman–Crippen MR) is 108 cm³/mol. The third kappa shape index (κ3) is 3.91. The molecule has 1 atom stereocenters. The third-order valence-electron chi connectivity index (χ3n) is 5.51. The molecule has 1 aromatic carbocycles. The summed E-state index contributed by atoms with van der Waals surface area (Å²) in [6.07, 6.45) is -0.00799. The number of fused-ring (bicyclic) bond motifs is 1. The Morgan fingerprint density at radius 1 is 1.21 bits per heavy atom. The highest BCUT2D eigenvalue weighted by Crippen LogP contribution is 2.30. The van der Waals surface area contributed by atoms with Gasteiger partial charge in [0.25, 0.3) is 0 Å². The zero-order valence-corrected chi connectivity index (χ0v) is 16.6. The number of nitrogens with zero attached hydrogens (tertiary/aromatic N) is 5.